The number of carbonyl (C=O) groups excluding carboxylic acids is 1. The molecule has 0 aromatic carbocycles. The van der Waals surface area contributed by atoms with E-state index in [0.29, 0.717) is 11.5 Å². The minimum Gasteiger partial charge on any atom is -0.481 e. The zero-order chi connectivity index (χ0) is 16.3. The largest absolute Gasteiger partial charge is 0.481 e. The fraction of sp³-hybridized carbons (Fsp3) is 0.400. The first-order chi connectivity index (χ1) is 10.4. The maximum Gasteiger partial charge on any atom is 0.305 e. The molecule has 0 unspecified atom stereocenters. The van der Waals surface area contributed by atoms with Crippen LogP contribution in [0.2, 0.25) is 0 Å². The van der Waals surface area contributed by atoms with Crippen LogP contribution in [0, 0.1) is 13.8 Å². The van der Waals surface area contributed by atoms with Crippen molar-refractivity contribution in [3.05, 3.63) is 39.4 Å². The van der Waals surface area contributed by atoms with Crippen LogP contribution in [0.3, 0.4) is 0 Å². The molecule has 2 aromatic rings. The van der Waals surface area contributed by atoms with Crippen molar-refractivity contribution in [2.45, 2.75) is 39.2 Å². The van der Waals surface area contributed by atoms with E-state index < -0.39 is 17.9 Å². The maximum atomic E-state index is 12.5. The van der Waals surface area contributed by atoms with Gasteiger partial charge in [-0.3, -0.25) is 9.59 Å². The van der Waals surface area contributed by atoms with Gasteiger partial charge < -0.3 is 14.9 Å². The number of hydrogen-bond donors (Lipinski definition) is 2. The Morgan fingerprint density at radius 3 is 2.68 bits per heavy atom. The molecule has 22 heavy (non-hydrogen) atoms. The van der Waals surface area contributed by atoms with E-state index in [2.05, 4.69) is 10.5 Å². The van der Waals surface area contributed by atoms with Gasteiger partial charge in [0.15, 0.2) is 0 Å². The highest BCUT2D eigenvalue weighted by molar-refractivity contribution is 7.10. The third kappa shape index (κ3) is 3.54. The number of aryl methyl sites for hydroxylation is 2. The molecule has 0 radical (unpaired) electrons. The molecule has 0 spiro atoms. The summed E-state index contributed by atoms with van der Waals surface area (Å²) in [6, 6.07) is 3.12. The fourth-order valence-corrected chi connectivity index (χ4v) is 3.20. The summed E-state index contributed by atoms with van der Waals surface area (Å²) in [5.41, 5.74) is 1.42. The minimum absolute atomic E-state index is 0.152. The number of nitrogens with zero attached hydrogens (tertiary/aromatic N) is 1. The average molecular weight is 322 g/mol. The van der Waals surface area contributed by atoms with Gasteiger partial charge >= 0.3 is 5.97 Å². The SMILES string of the molecule is Cc1noc(C)c1[C@H](C)C(=O)N[C@@H](CC(=O)O)c1cccs1. The van der Waals surface area contributed by atoms with E-state index in [1.54, 1.807) is 20.8 Å². The summed E-state index contributed by atoms with van der Waals surface area (Å²) >= 11 is 1.42. The number of carbonyl (C=O) groups is 2. The first-order valence-electron chi connectivity index (χ1n) is 6.88. The Bertz CT molecular complexity index is 644. The van der Waals surface area contributed by atoms with Crippen molar-refractivity contribution < 1.29 is 19.2 Å². The first kappa shape index (κ1) is 16.2. The monoisotopic (exact) mass is 322 g/mol. The van der Waals surface area contributed by atoms with E-state index >= 15 is 0 Å². The van der Waals surface area contributed by atoms with Crippen LogP contribution in [0.25, 0.3) is 0 Å². The van der Waals surface area contributed by atoms with Crippen LogP contribution in [0.4, 0.5) is 0 Å². The number of aromatic nitrogens is 1. The predicted molar refractivity (Wildman–Crippen MR) is 81.8 cm³/mol. The van der Waals surface area contributed by atoms with Crippen LogP contribution in [0.1, 0.15) is 47.2 Å². The summed E-state index contributed by atoms with van der Waals surface area (Å²) in [6.45, 7) is 5.30. The summed E-state index contributed by atoms with van der Waals surface area (Å²) in [5, 5.41) is 17.6. The number of aliphatic carboxylic acids is 1. The van der Waals surface area contributed by atoms with Crippen LogP contribution in [0.15, 0.2) is 22.0 Å². The number of amides is 1. The van der Waals surface area contributed by atoms with E-state index in [4.69, 9.17) is 9.63 Å². The highest BCUT2D eigenvalue weighted by atomic mass is 32.1. The van der Waals surface area contributed by atoms with Gasteiger partial charge in [0, 0.05) is 10.4 Å². The zero-order valence-corrected chi connectivity index (χ0v) is 13.4. The molecule has 6 nitrogen and oxygen atoms in total. The minimum atomic E-state index is -0.955. The summed E-state index contributed by atoms with van der Waals surface area (Å²) in [6.07, 6.45) is -0.152. The molecule has 0 bridgehead atoms. The Morgan fingerprint density at radius 2 is 2.18 bits per heavy atom. The molecule has 0 saturated carbocycles. The van der Waals surface area contributed by atoms with Crippen LogP contribution >= 0.6 is 11.3 Å². The lowest BCUT2D eigenvalue weighted by atomic mass is 9.98. The van der Waals surface area contributed by atoms with Gasteiger partial charge in [-0.15, -0.1) is 11.3 Å². The second-order valence-electron chi connectivity index (χ2n) is 5.13. The highest BCUT2D eigenvalue weighted by Gasteiger charge is 2.26. The third-order valence-corrected chi connectivity index (χ3v) is 4.48. The topological polar surface area (TPSA) is 92.4 Å². The number of hydrogen-bond acceptors (Lipinski definition) is 5. The van der Waals surface area contributed by atoms with Crippen LogP contribution in [-0.4, -0.2) is 22.1 Å². The number of carboxylic acids is 1. The third-order valence-electron chi connectivity index (χ3n) is 3.50. The van der Waals surface area contributed by atoms with Crippen LogP contribution in [-0.2, 0) is 9.59 Å². The van der Waals surface area contributed by atoms with E-state index in [-0.39, 0.29) is 12.3 Å². The molecule has 0 aliphatic heterocycles. The number of thiophene rings is 1. The van der Waals surface area contributed by atoms with Crippen molar-refractivity contribution in [2.24, 2.45) is 0 Å². The zero-order valence-electron chi connectivity index (χ0n) is 12.6. The second-order valence-corrected chi connectivity index (χ2v) is 6.11. The van der Waals surface area contributed by atoms with Gasteiger partial charge in [-0.2, -0.15) is 0 Å². The van der Waals surface area contributed by atoms with Gasteiger partial charge in [-0.25, -0.2) is 0 Å². The van der Waals surface area contributed by atoms with E-state index in [9.17, 15) is 9.59 Å². The molecular formula is C15H18N2O4S. The molecule has 1 amide bonds. The van der Waals surface area contributed by atoms with Crippen molar-refractivity contribution in [1.29, 1.82) is 0 Å². The molecule has 0 fully saturated rings. The van der Waals surface area contributed by atoms with Gasteiger partial charge in [0.05, 0.1) is 24.1 Å². The molecule has 7 heteroatoms. The lowest BCUT2D eigenvalue weighted by molar-refractivity contribution is -0.137. The van der Waals surface area contributed by atoms with E-state index in [1.165, 1.54) is 11.3 Å². The van der Waals surface area contributed by atoms with Crippen molar-refractivity contribution >= 4 is 23.2 Å². The van der Waals surface area contributed by atoms with E-state index in [1.807, 2.05) is 17.5 Å². The molecule has 2 aromatic heterocycles. The molecule has 2 N–H and O–H groups in total. The van der Waals surface area contributed by atoms with Crippen molar-refractivity contribution in [3.8, 4) is 0 Å². The number of nitrogens with one attached hydrogen (secondary N) is 1. The summed E-state index contributed by atoms with van der Waals surface area (Å²) in [7, 11) is 0. The molecule has 0 aliphatic rings. The standard InChI is InChI=1S/C15H18N2O4S/c1-8(14-9(2)17-21-10(14)3)15(20)16-11(7-13(18)19)12-5-4-6-22-12/h4-6,8,11H,7H2,1-3H3,(H,16,20)(H,18,19)/t8-,11-/m0/s1. The molecule has 2 atom stereocenters. The molecule has 118 valence electrons. The van der Waals surface area contributed by atoms with Gasteiger partial charge in [0.25, 0.3) is 0 Å². The van der Waals surface area contributed by atoms with Gasteiger partial charge in [-0.05, 0) is 32.2 Å². The van der Waals surface area contributed by atoms with Crippen LogP contribution in [0.5, 0.6) is 0 Å². The highest BCUT2D eigenvalue weighted by Crippen LogP contribution is 2.26. The normalized spacial score (nSPS) is 13.6. The van der Waals surface area contributed by atoms with Crippen molar-refractivity contribution in [2.75, 3.05) is 0 Å². The Morgan fingerprint density at radius 1 is 1.45 bits per heavy atom. The number of carboxylic acid groups (broad SMARTS) is 1. The Hall–Kier alpha value is -2.15. The first-order valence-corrected chi connectivity index (χ1v) is 7.76. The van der Waals surface area contributed by atoms with Crippen molar-refractivity contribution in [3.63, 3.8) is 0 Å². The smallest absolute Gasteiger partial charge is 0.305 e. The quantitative estimate of drug-likeness (QED) is 0.853. The average Bonchev–Trinajstić information content (AvgIpc) is 3.07. The summed E-state index contributed by atoms with van der Waals surface area (Å²) in [5.74, 6) is -1.05. The maximum absolute atomic E-state index is 12.5. The predicted octanol–water partition coefficient (Wildman–Crippen LogP) is 2.79. The molecule has 0 saturated heterocycles. The van der Waals surface area contributed by atoms with Crippen molar-refractivity contribution in [1.82, 2.24) is 10.5 Å². The Labute approximate surface area is 132 Å². The lowest BCUT2D eigenvalue weighted by Crippen LogP contribution is -2.33. The molecular weight excluding hydrogens is 304 g/mol. The van der Waals surface area contributed by atoms with Gasteiger partial charge in [-0.1, -0.05) is 11.2 Å². The fourth-order valence-electron chi connectivity index (χ4n) is 2.42. The van der Waals surface area contributed by atoms with Gasteiger partial charge in [0.2, 0.25) is 5.91 Å². The Kier molecular flexibility index (Phi) is 4.97. The summed E-state index contributed by atoms with van der Waals surface area (Å²) in [4.78, 5) is 24.3. The Balaban J connectivity index is 2.16. The van der Waals surface area contributed by atoms with Crippen LogP contribution < -0.4 is 5.32 Å². The molecule has 2 rings (SSSR count). The molecule has 0 aliphatic carbocycles. The summed E-state index contributed by atoms with van der Waals surface area (Å²) < 4.78 is 5.09. The number of rotatable bonds is 6. The van der Waals surface area contributed by atoms with E-state index in [0.717, 1.165) is 10.4 Å². The lowest BCUT2D eigenvalue weighted by Gasteiger charge is -2.19. The van der Waals surface area contributed by atoms with Gasteiger partial charge in [0.1, 0.15) is 5.76 Å². The second kappa shape index (κ2) is 6.74. The molecule has 2 heterocycles.